The molecule has 0 aliphatic rings. The highest BCUT2D eigenvalue weighted by Gasteiger charge is 1.98. The van der Waals surface area contributed by atoms with Gasteiger partial charge in [0, 0.05) is 26.2 Å². The van der Waals surface area contributed by atoms with Gasteiger partial charge in [-0.1, -0.05) is 13.8 Å². The van der Waals surface area contributed by atoms with Crippen LogP contribution < -0.4 is 5.73 Å². The van der Waals surface area contributed by atoms with E-state index in [1.165, 1.54) is 0 Å². The minimum Gasteiger partial charge on any atom is -0.380 e. The molecule has 0 heterocycles. The fourth-order valence-corrected chi connectivity index (χ4v) is 1.05. The highest BCUT2D eigenvalue weighted by molar-refractivity contribution is 4.54. The summed E-state index contributed by atoms with van der Waals surface area (Å²) in [6.45, 7) is 9.77. The molecule has 0 aliphatic heterocycles. The van der Waals surface area contributed by atoms with Crippen LogP contribution in [-0.2, 0) is 4.74 Å². The molecule has 0 fully saturated rings. The van der Waals surface area contributed by atoms with E-state index < -0.39 is 0 Å². The van der Waals surface area contributed by atoms with Gasteiger partial charge in [0.15, 0.2) is 0 Å². The quantitative estimate of drug-likeness (QED) is 0.550. The second-order valence-electron chi connectivity index (χ2n) is 2.84. The number of hydrogen-bond acceptors (Lipinski definition) is 3. The molecule has 0 amide bonds. The fourth-order valence-electron chi connectivity index (χ4n) is 1.05. The van der Waals surface area contributed by atoms with Gasteiger partial charge in [-0.25, -0.2) is 0 Å². The predicted molar refractivity (Wildman–Crippen MR) is 52.3 cm³/mol. The van der Waals surface area contributed by atoms with Crippen molar-refractivity contribution in [2.24, 2.45) is 5.73 Å². The highest BCUT2D eigenvalue weighted by Crippen LogP contribution is 1.87. The van der Waals surface area contributed by atoms with Gasteiger partial charge in [-0.3, -0.25) is 0 Å². The monoisotopic (exact) mass is 174 g/mol. The van der Waals surface area contributed by atoms with Crippen molar-refractivity contribution < 1.29 is 4.74 Å². The summed E-state index contributed by atoms with van der Waals surface area (Å²) < 4.78 is 5.38. The third kappa shape index (κ3) is 6.58. The summed E-state index contributed by atoms with van der Waals surface area (Å²) in [7, 11) is 0. The van der Waals surface area contributed by atoms with Gasteiger partial charge in [-0.05, 0) is 13.0 Å². The lowest BCUT2D eigenvalue weighted by Gasteiger charge is -2.18. The van der Waals surface area contributed by atoms with Crippen molar-refractivity contribution in [2.45, 2.75) is 20.3 Å². The molecular weight excluding hydrogens is 152 g/mol. The summed E-state index contributed by atoms with van der Waals surface area (Å²) in [5, 5.41) is 0. The average Bonchev–Trinajstić information content (AvgIpc) is 2.10. The maximum Gasteiger partial charge on any atom is 0.0593 e. The number of hydrogen-bond donors (Lipinski definition) is 1. The first-order valence-electron chi connectivity index (χ1n) is 4.85. The Labute approximate surface area is 75.9 Å². The zero-order chi connectivity index (χ0) is 9.23. The topological polar surface area (TPSA) is 38.5 Å². The van der Waals surface area contributed by atoms with Gasteiger partial charge < -0.3 is 15.4 Å². The lowest BCUT2D eigenvalue weighted by molar-refractivity contribution is 0.107. The molecule has 0 saturated carbocycles. The first kappa shape index (κ1) is 11.9. The standard InChI is InChI=1S/C9H22N2O/c1-3-8-12-9-7-11(4-2)6-5-10/h3-10H2,1-2H3. The maximum atomic E-state index is 5.45. The van der Waals surface area contributed by atoms with E-state index in [1.54, 1.807) is 0 Å². The molecule has 0 radical (unpaired) electrons. The highest BCUT2D eigenvalue weighted by atomic mass is 16.5. The number of likely N-dealkylation sites (N-methyl/N-ethyl adjacent to an activating group) is 1. The van der Waals surface area contributed by atoms with E-state index in [2.05, 4.69) is 18.7 Å². The van der Waals surface area contributed by atoms with Crippen molar-refractivity contribution >= 4 is 0 Å². The molecule has 0 atom stereocenters. The van der Waals surface area contributed by atoms with Crippen molar-refractivity contribution in [3.05, 3.63) is 0 Å². The van der Waals surface area contributed by atoms with Crippen LogP contribution in [0.1, 0.15) is 20.3 Å². The predicted octanol–water partition coefficient (Wildman–Crippen LogP) is 0.694. The molecule has 0 aromatic carbocycles. The van der Waals surface area contributed by atoms with Gasteiger partial charge in [-0.2, -0.15) is 0 Å². The van der Waals surface area contributed by atoms with Gasteiger partial charge in [0.05, 0.1) is 6.61 Å². The molecular formula is C9H22N2O. The number of nitrogens with two attached hydrogens (primary N) is 1. The molecule has 0 unspecified atom stereocenters. The Balaban J connectivity index is 3.19. The zero-order valence-corrected chi connectivity index (χ0v) is 8.38. The van der Waals surface area contributed by atoms with Crippen LogP contribution in [0, 0.1) is 0 Å². The summed E-state index contributed by atoms with van der Waals surface area (Å²) in [5.41, 5.74) is 5.45. The van der Waals surface area contributed by atoms with E-state index in [0.717, 1.165) is 45.8 Å². The van der Waals surface area contributed by atoms with Crippen molar-refractivity contribution in [1.82, 2.24) is 4.90 Å². The van der Waals surface area contributed by atoms with Crippen molar-refractivity contribution in [2.75, 3.05) is 39.4 Å². The van der Waals surface area contributed by atoms with Crippen LogP contribution >= 0.6 is 0 Å². The summed E-state index contributed by atoms with van der Waals surface area (Å²) >= 11 is 0. The Hall–Kier alpha value is -0.120. The third-order valence-electron chi connectivity index (χ3n) is 1.79. The van der Waals surface area contributed by atoms with Crippen LogP contribution in [0.5, 0.6) is 0 Å². The summed E-state index contributed by atoms with van der Waals surface area (Å²) in [6, 6.07) is 0. The molecule has 2 N–H and O–H groups in total. The third-order valence-corrected chi connectivity index (χ3v) is 1.79. The van der Waals surface area contributed by atoms with Crippen LogP contribution in [0.2, 0.25) is 0 Å². The molecule has 3 heteroatoms. The van der Waals surface area contributed by atoms with Gasteiger partial charge in [0.1, 0.15) is 0 Å². The number of rotatable bonds is 8. The van der Waals surface area contributed by atoms with E-state index >= 15 is 0 Å². The Morgan fingerprint density at radius 2 is 1.92 bits per heavy atom. The zero-order valence-electron chi connectivity index (χ0n) is 8.38. The van der Waals surface area contributed by atoms with Crippen LogP contribution in [0.3, 0.4) is 0 Å². The van der Waals surface area contributed by atoms with E-state index in [1.807, 2.05) is 0 Å². The first-order chi connectivity index (χ1) is 5.85. The maximum absolute atomic E-state index is 5.45. The lowest BCUT2D eigenvalue weighted by Crippen LogP contribution is -2.32. The Morgan fingerprint density at radius 1 is 1.17 bits per heavy atom. The molecule has 0 bridgehead atoms. The van der Waals surface area contributed by atoms with Gasteiger partial charge in [0.2, 0.25) is 0 Å². The molecule has 12 heavy (non-hydrogen) atoms. The summed E-state index contributed by atoms with van der Waals surface area (Å²) in [5.74, 6) is 0. The second-order valence-corrected chi connectivity index (χ2v) is 2.84. The molecule has 0 aromatic rings. The summed E-state index contributed by atoms with van der Waals surface area (Å²) in [4.78, 5) is 2.30. The van der Waals surface area contributed by atoms with Gasteiger partial charge in [-0.15, -0.1) is 0 Å². The minimum absolute atomic E-state index is 0.738. The average molecular weight is 174 g/mol. The van der Waals surface area contributed by atoms with E-state index in [4.69, 9.17) is 10.5 Å². The van der Waals surface area contributed by atoms with Crippen molar-refractivity contribution in [3.63, 3.8) is 0 Å². The van der Waals surface area contributed by atoms with Crippen LogP contribution in [0.4, 0.5) is 0 Å². The Bertz CT molecular complexity index is 88.6. The first-order valence-corrected chi connectivity index (χ1v) is 4.85. The minimum atomic E-state index is 0.738. The van der Waals surface area contributed by atoms with Gasteiger partial charge >= 0.3 is 0 Å². The Kier molecular flexibility index (Phi) is 8.88. The Morgan fingerprint density at radius 3 is 2.42 bits per heavy atom. The molecule has 0 rings (SSSR count). The SMILES string of the molecule is CCCOCCN(CC)CCN. The smallest absolute Gasteiger partial charge is 0.0593 e. The van der Waals surface area contributed by atoms with Crippen LogP contribution in [-0.4, -0.2) is 44.3 Å². The van der Waals surface area contributed by atoms with Crippen molar-refractivity contribution in [1.29, 1.82) is 0 Å². The van der Waals surface area contributed by atoms with Gasteiger partial charge in [0.25, 0.3) is 0 Å². The molecule has 3 nitrogen and oxygen atoms in total. The lowest BCUT2D eigenvalue weighted by atomic mass is 10.4. The van der Waals surface area contributed by atoms with Crippen molar-refractivity contribution in [3.8, 4) is 0 Å². The molecule has 0 aliphatic carbocycles. The second kappa shape index (κ2) is 8.97. The van der Waals surface area contributed by atoms with Crippen LogP contribution in [0.25, 0.3) is 0 Å². The van der Waals surface area contributed by atoms with E-state index in [-0.39, 0.29) is 0 Å². The van der Waals surface area contributed by atoms with E-state index in [9.17, 15) is 0 Å². The molecule has 0 spiro atoms. The fraction of sp³-hybridized carbons (Fsp3) is 1.00. The molecule has 0 saturated heterocycles. The largest absolute Gasteiger partial charge is 0.380 e. The molecule has 74 valence electrons. The molecule has 0 aromatic heterocycles. The van der Waals surface area contributed by atoms with Crippen LogP contribution in [0.15, 0.2) is 0 Å². The number of ether oxygens (including phenoxy) is 1. The van der Waals surface area contributed by atoms with E-state index in [0.29, 0.717) is 0 Å². The normalized spacial score (nSPS) is 11.0. The number of nitrogens with zero attached hydrogens (tertiary/aromatic N) is 1. The summed E-state index contributed by atoms with van der Waals surface area (Å²) in [6.07, 6.45) is 1.10.